The van der Waals surface area contributed by atoms with Crippen molar-refractivity contribution in [1.29, 1.82) is 5.26 Å². The van der Waals surface area contributed by atoms with E-state index in [1.54, 1.807) is 18.2 Å². The Morgan fingerprint density at radius 2 is 1.79 bits per heavy atom. The van der Waals surface area contributed by atoms with Gasteiger partial charge in [0.2, 0.25) is 0 Å². The Kier molecular flexibility index (Phi) is 6.68. The molecule has 0 aromatic heterocycles. The highest BCUT2D eigenvalue weighted by molar-refractivity contribution is 6.32. The number of nitriles is 1. The number of ether oxygens (including phenoxy) is 1. The number of rotatable bonds is 6. The quantitative estimate of drug-likeness (QED) is 0.257. The number of carbonyl (C=O) groups is 1. The normalized spacial score (nSPS) is 11.1. The summed E-state index contributed by atoms with van der Waals surface area (Å²) in [5, 5.41) is 14.6. The highest BCUT2D eigenvalue weighted by Crippen LogP contribution is 2.28. The lowest BCUT2D eigenvalue weighted by molar-refractivity contribution is -0.112. The molecule has 33 heavy (non-hydrogen) atoms. The number of hydrogen-bond donors (Lipinski definition) is 1. The van der Waals surface area contributed by atoms with Gasteiger partial charge in [-0.25, -0.2) is 4.39 Å². The fourth-order valence-corrected chi connectivity index (χ4v) is 3.59. The zero-order chi connectivity index (χ0) is 23.2. The second kappa shape index (κ2) is 9.99. The Bertz CT molecular complexity index is 1390. The van der Waals surface area contributed by atoms with Gasteiger partial charge in [0.1, 0.15) is 29.8 Å². The molecule has 1 amide bonds. The van der Waals surface area contributed by atoms with Crippen LogP contribution in [0.2, 0.25) is 5.02 Å². The Morgan fingerprint density at radius 1 is 1.03 bits per heavy atom. The summed E-state index contributed by atoms with van der Waals surface area (Å²) in [7, 11) is 0. The van der Waals surface area contributed by atoms with Gasteiger partial charge < -0.3 is 10.1 Å². The van der Waals surface area contributed by atoms with Crippen molar-refractivity contribution >= 4 is 40.0 Å². The van der Waals surface area contributed by atoms with Crippen LogP contribution in [0.3, 0.4) is 0 Å². The molecule has 0 spiro atoms. The SMILES string of the molecule is N#C/C(=C\c1ccc(OCc2cccc3ccccc23)c(Cl)c1)C(=O)Nc1ccc(F)cc1. The van der Waals surface area contributed by atoms with Crippen molar-refractivity contribution in [2.45, 2.75) is 6.61 Å². The fraction of sp³-hybridized carbons (Fsp3) is 0.0370. The summed E-state index contributed by atoms with van der Waals surface area (Å²) in [6, 6.07) is 26.3. The van der Waals surface area contributed by atoms with Gasteiger partial charge in [0.15, 0.2) is 0 Å². The lowest BCUT2D eigenvalue weighted by Gasteiger charge is -2.11. The second-order valence-corrected chi connectivity index (χ2v) is 7.65. The third kappa shape index (κ3) is 5.38. The molecule has 0 radical (unpaired) electrons. The Hall–Kier alpha value is -4.14. The van der Waals surface area contributed by atoms with E-state index in [1.165, 1.54) is 30.3 Å². The van der Waals surface area contributed by atoms with Gasteiger partial charge in [0.05, 0.1) is 5.02 Å². The van der Waals surface area contributed by atoms with Gasteiger partial charge >= 0.3 is 0 Å². The number of nitrogens with zero attached hydrogens (tertiary/aromatic N) is 1. The molecule has 0 aliphatic carbocycles. The summed E-state index contributed by atoms with van der Waals surface area (Å²) >= 11 is 6.39. The number of hydrogen-bond acceptors (Lipinski definition) is 3. The molecule has 0 atom stereocenters. The Morgan fingerprint density at radius 3 is 2.55 bits per heavy atom. The first-order chi connectivity index (χ1) is 16.0. The molecule has 0 unspecified atom stereocenters. The van der Waals surface area contributed by atoms with Crippen molar-refractivity contribution in [2.75, 3.05) is 5.32 Å². The maximum absolute atomic E-state index is 13.0. The number of nitrogens with one attached hydrogen (secondary N) is 1. The minimum atomic E-state index is -0.600. The standard InChI is InChI=1S/C27H18ClFN2O2/c28-25-15-18(14-21(16-30)27(32)31-23-11-9-22(29)10-12-23)8-13-26(25)33-17-20-6-3-5-19-4-1-2-7-24(19)20/h1-15H,17H2,(H,31,32)/b21-14+. The Balaban J connectivity index is 1.48. The summed E-state index contributed by atoms with van der Waals surface area (Å²) in [6.45, 7) is 0.347. The second-order valence-electron chi connectivity index (χ2n) is 7.25. The zero-order valence-corrected chi connectivity index (χ0v) is 18.1. The molecule has 0 aliphatic rings. The molecule has 1 N–H and O–H groups in total. The van der Waals surface area contributed by atoms with Gasteiger partial charge in [-0.2, -0.15) is 5.26 Å². The van der Waals surface area contributed by atoms with Crippen molar-refractivity contribution in [2.24, 2.45) is 0 Å². The maximum Gasteiger partial charge on any atom is 0.266 e. The van der Waals surface area contributed by atoms with E-state index in [4.69, 9.17) is 16.3 Å². The topological polar surface area (TPSA) is 62.1 Å². The first-order valence-corrected chi connectivity index (χ1v) is 10.5. The van der Waals surface area contributed by atoms with Crippen LogP contribution in [0.4, 0.5) is 10.1 Å². The van der Waals surface area contributed by atoms with Gasteiger partial charge in [-0.3, -0.25) is 4.79 Å². The minimum absolute atomic E-state index is 0.111. The zero-order valence-electron chi connectivity index (χ0n) is 17.4. The number of fused-ring (bicyclic) bond motifs is 1. The van der Waals surface area contributed by atoms with E-state index in [2.05, 4.69) is 5.32 Å². The predicted octanol–water partition coefficient (Wildman–Crippen LogP) is 6.76. The van der Waals surface area contributed by atoms with Crippen LogP contribution >= 0.6 is 11.6 Å². The average Bonchev–Trinajstić information content (AvgIpc) is 2.83. The van der Waals surface area contributed by atoms with Gasteiger partial charge in [-0.1, -0.05) is 60.1 Å². The third-order valence-corrected chi connectivity index (χ3v) is 5.29. The minimum Gasteiger partial charge on any atom is -0.487 e. The predicted molar refractivity (Wildman–Crippen MR) is 128 cm³/mol. The highest BCUT2D eigenvalue weighted by atomic mass is 35.5. The monoisotopic (exact) mass is 456 g/mol. The smallest absolute Gasteiger partial charge is 0.266 e. The summed E-state index contributed by atoms with van der Waals surface area (Å²) in [6.07, 6.45) is 1.43. The molecule has 0 saturated carbocycles. The van der Waals surface area contributed by atoms with E-state index in [1.807, 2.05) is 48.5 Å². The molecule has 4 aromatic carbocycles. The van der Waals surface area contributed by atoms with Crippen molar-refractivity contribution < 1.29 is 13.9 Å². The van der Waals surface area contributed by atoms with Crippen LogP contribution in [0.1, 0.15) is 11.1 Å². The summed E-state index contributed by atoms with van der Waals surface area (Å²) in [5.41, 5.74) is 1.89. The third-order valence-electron chi connectivity index (χ3n) is 5.00. The maximum atomic E-state index is 13.0. The highest BCUT2D eigenvalue weighted by Gasteiger charge is 2.11. The first-order valence-electron chi connectivity index (χ1n) is 10.1. The average molecular weight is 457 g/mol. The largest absolute Gasteiger partial charge is 0.487 e. The van der Waals surface area contributed by atoms with Gasteiger partial charge in [0.25, 0.3) is 5.91 Å². The van der Waals surface area contributed by atoms with Gasteiger partial charge in [0, 0.05) is 5.69 Å². The molecule has 0 saturated heterocycles. The molecule has 162 valence electrons. The molecule has 0 aliphatic heterocycles. The van der Waals surface area contributed by atoms with E-state index >= 15 is 0 Å². The molecule has 4 nitrogen and oxygen atoms in total. The van der Waals surface area contributed by atoms with Crippen LogP contribution in [0.15, 0.2) is 90.5 Å². The number of amides is 1. The van der Waals surface area contributed by atoms with Gasteiger partial charge in [-0.15, -0.1) is 0 Å². The van der Waals surface area contributed by atoms with Crippen LogP contribution in [0.5, 0.6) is 5.75 Å². The summed E-state index contributed by atoms with van der Waals surface area (Å²) in [5.74, 6) is -0.519. The fourth-order valence-electron chi connectivity index (χ4n) is 3.34. The molecule has 0 fully saturated rings. The van der Waals surface area contributed by atoms with Crippen LogP contribution in [0, 0.1) is 17.1 Å². The molecule has 0 bridgehead atoms. The number of benzene rings is 4. The van der Waals surface area contributed by atoms with Crippen molar-refractivity contribution in [3.05, 3.63) is 112 Å². The van der Waals surface area contributed by atoms with E-state index in [0.717, 1.165) is 16.3 Å². The van der Waals surface area contributed by atoms with Crippen LogP contribution in [0.25, 0.3) is 16.8 Å². The van der Waals surface area contributed by atoms with Crippen molar-refractivity contribution in [3.8, 4) is 11.8 Å². The summed E-state index contributed by atoms with van der Waals surface area (Å²) < 4.78 is 19.0. The van der Waals surface area contributed by atoms with Crippen molar-refractivity contribution in [1.82, 2.24) is 0 Å². The number of carbonyl (C=O) groups excluding carboxylic acids is 1. The lowest BCUT2D eigenvalue weighted by atomic mass is 10.1. The van der Waals surface area contributed by atoms with E-state index in [0.29, 0.717) is 28.6 Å². The number of halogens is 2. The first kappa shape index (κ1) is 22.1. The van der Waals surface area contributed by atoms with E-state index in [9.17, 15) is 14.4 Å². The Labute approximate surface area is 195 Å². The van der Waals surface area contributed by atoms with Crippen LogP contribution in [-0.4, -0.2) is 5.91 Å². The van der Waals surface area contributed by atoms with Crippen molar-refractivity contribution in [3.63, 3.8) is 0 Å². The molecular formula is C27H18ClFN2O2. The van der Waals surface area contributed by atoms with E-state index < -0.39 is 11.7 Å². The summed E-state index contributed by atoms with van der Waals surface area (Å²) in [4.78, 5) is 12.4. The molecule has 4 rings (SSSR count). The molecule has 0 heterocycles. The lowest BCUT2D eigenvalue weighted by Crippen LogP contribution is -2.13. The van der Waals surface area contributed by atoms with Crippen LogP contribution < -0.4 is 10.1 Å². The number of anilines is 1. The molecule has 6 heteroatoms. The van der Waals surface area contributed by atoms with Crippen LogP contribution in [-0.2, 0) is 11.4 Å². The van der Waals surface area contributed by atoms with Gasteiger partial charge in [-0.05, 0) is 64.4 Å². The molecular weight excluding hydrogens is 439 g/mol. The van der Waals surface area contributed by atoms with E-state index in [-0.39, 0.29) is 5.57 Å². The molecule has 4 aromatic rings.